The van der Waals surface area contributed by atoms with E-state index in [1.807, 2.05) is 0 Å². The van der Waals surface area contributed by atoms with Crippen LogP contribution >= 0.6 is 11.6 Å². The minimum absolute atomic E-state index is 0.136. The van der Waals surface area contributed by atoms with Crippen molar-refractivity contribution < 1.29 is 14.6 Å². The first-order valence-electron chi connectivity index (χ1n) is 6.29. The van der Waals surface area contributed by atoms with E-state index < -0.39 is 15.6 Å². The van der Waals surface area contributed by atoms with E-state index >= 15 is 0 Å². The first-order valence-corrected chi connectivity index (χ1v) is 6.67. The lowest BCUT2D eigenvalue weighted by Gasteiger charge is -1.99. The fourth-order valence-corrected chi connectivity index (χ4v) is 1.99. The normalized spacial score (nSPS) is 10.7. The minimum Gasteiger partial charge on any atom is -0.289 e. The van der Waals surface area contributed by atoms with Crippen molar-refractivity contribution in [1.82, 2.24) is 0 Å². The Bertz CT molecular complexity index is 832. The largest absolute Gasteiger partial charge is 0.289 e. The van der Waals surface area contributed by atoms with Crippen molar-refractivity contribution in [2.75, 3.05) is 0 Å². The van der Waals surface area contributed by atoms with E-state index in [0.29, 0.717) is 5.56 Å². The second-order valence-electron chi connectivity index (χ2n) is 4.47. The zero-order chi connectivity index (χ0) is 17.0. The second kappa shape index (κ2) is 6.80. The fraction of sp³-hybridized carbons (Fsp3) is 0. The van der Waals surface area contributed by atoms with Crippen LogP contribution in [0.25, 0.3) is 6.08 Å². The third-order valence-electron chi connectivity index (χ3n) is 2.95. The average molecular weight is 333 g/mol. The molecule has 2 aromatic carbocycles. The maximum absolute atomic E-state index is 12.0. The first kappa shape index (κ1) is 16.3. The molecule has 0 aliphatic carbocycles. The average Bonchev–Trinajstić information content (AvgIpc) is 2.53. The van der Waals surface area contributed by atoms with Crippen molar-refractivity contribution >= 4 is 34.8 Å². The zero-order valence-electron chi connectivity index (χ0n) is 11.5. The highest BCUT2D eigenvalue weighted by Crippen LogP contribution is 2.23. The molecule has 116 valence electrons. The molecule has 0 radical (unpaired) electrons. The number of carbonyl (C=O) groups excluding carboxylic acids is 1. The Kier molecular flexibility index (Phi) is 4.82. The van der Waals surface area contributed by atoms with Crippen molar-refractivity contribution in [2.24, 2.45) is 0 Å². The molecule has 2 aromatic rings. The molecule has 0 N–H and O–H groups in total. The van der Waals surface area contributed by atoms with Gasteiger partial charge in [0, 0.05) is 34.9 Å². The van der Waals surface area contributed by atoms with E-state index in [0.717, 1.165) is 12.1 Å². The van der Waals surface area contributed by atoms with Crippen LogP contribution < -0.4 is 0 Å². The molecule has 0 aliphatic rings. The molecule has 0 fully saturated rings. The first-order chi connectivity index (χ1) is 10.9. The predicted octanol–water partition coefficient (Wildman–Crippen LogP) is 4.05. The molecule has 0 bridgehead atoms. The Morgan fingerprint density at radius 3 is 2.30 bits per heavy atom. The molecule has 0 saturated heterocycles. The molecule has 0 heterocycles. The number of hydrogen-bond acceptors (Lipinski definition) is 5. The van der Waals surface area contributed by atoms with Gasteiger partial charge in [-0.05, 0) is 23.8 Å². The van der Waals surface area contributed by atoms with Crippen LogP contribution in [-0.2, 0) is 0 Å². The summed E-state index contributed by atoms with van der Waals surface area (Å²) in [6.07, 6.45) is 2.49. The standard InChI is InChI=1S/C15H9ClN2O5/c16-14-6-5-13(18(22)23)8-10(14)4-7-15(19)11-2-1-3-12(9-11)17(20)21/h1-9H. The van der Waals surface area contributed by atoms with Crippen LogP contribution in [0.2, 0.25) is 5.02 Å². The number of nitro groups is 2. The third-order valence-corrected chi connectivity index (χ3v) is 3.29. The van der Waals surface area contributed by atoms with Gasteiger partial charge in [0.1, 0.15) is 0 Å². The van der Waals surface area contributed by atoms with E-state index in [1.165, 1.54) is 42.5 Å². The van der Waals surface area contributed by atoms with E-state index in [2.05, 4.69) is 0 Å². The lowest BCUT2D eigenvalue weighted by atomic mass is 10.1. The highest BCUT2D eigenvalue weighted by molar-refractivity contribution is 6.32. The maximum atomic E-state index is 12.0. The van der Waals surface area contributed by atoms with Gasteiger partial charge in [0.2, 0.25) is 0 Å². The van der Waals surface area contributed by atoms with Crippen molar-refractivity contribution in [2.45, 2.75) is 0 Å². The number of ketones is 1. The van der Waals surface area contributed by atoms with E-state index in [4.69, 9.17) is 11.6 Å². The summed E-state index contributed by atoms with van der Waals surface area (Å²) in [6, 6.07) is 9.12. The molecule has 7 nitrogen and oxygen atoms in total. The molecular formula is C15H9ClN2O5. The number of halogens is 1. The molecular weight excluding hydrogens is 324 g/mol. The Morgan fingerprint density at radius 2 is 1.65 bits per heavy atom. The van der Waals surface area contributed by atoms with Crippen LogP contribution in [0.3, 0.4) is 0 Å². The summed E-state index contributed by atoms with van der Waals surface area (Å²) in [6.45, 7) is 0. The van der Waals surface area contributed by atoms with E-state index in [-0.39, 0.29) is 22.0 Å². The molecule has 2 rings (SSSR count). The number of allylic oxidation sites excluding steroid dienone is 1. The van der Waals surface area contributed by atoms with Crippen molar-refractivity contribution in [1.29, 1.82) is 0 Å². The van der Waals surface area contributed by atoms with E-state index in [1.54, 1.807) is 0 Å². The van der Waals surface area contributed by atoms with Gasteiger partial charge in [-0.15, -0.1) is 0 Å². The molecule has 23 heavy (non-hydrogen) atoms. The van der Waals surface area contributed by atoms with Gasteiger partial charge in [0.05, 0.1) is 9.85 Å². The van der Waals surface area contributed by atoms with Crippen molar-refractivity contribution in [3.05, 3.63) is 84.9 Å². The molecule has 0 atom stereocenters. The number of benzene rings is 2. The Balaban J connectivity index is 2.28. The van der Waals surface area contributed by atoms with Gasteiger partial charge in [-0.3, -0.25) is 25.0 Å². The molecule has 0 aliphatic heterocycles. The summed E-state index contributed by atoms with van der Waals surface area (Å²) in [5, 5.41) is 21.7. The number of hydrogen-bond donors (Lipinski definition) is 0. The summed E-state index contributed by atoms with van der Waals surface area (Å²) < 4.78 is 0. The Morgan fingerprint density at radius 1 is 1.00 bits per heavy atom. The van der Waals surface area contributed by atoms with Gasteiger partial charge in [-0.25, -0.2) is 0 Å². The van der Waals surface area contributed by atoms with Crippen LogP contribution in [0.15, 0.2) is 48.5 Å². The molecule has 0 unspecified atom stereocenters. The third kappa shape index (κ3) is 3.98. The number of rotatable bonds is 5. The zero-order valence-corrected chi connectivity index (χ0v) is 12.3. The van der Waals surface area contributed by atoms with Crippen LogP contribution in [-0.4, -0.2) is 15.6 Å². The lowest BCUT2D eigenvalue weighted by Crippen LogP contribution is -1.96. The highest BCUT2D eigenvalue weighted by Gasteiger charge is 2.11. The predicted molar refractivity (Wildman–Crippen MR) is 84.6 cm³/mol. The monoisotopic (exact) mass is 332 g/mol. The maximum Gasteiger partial charge on any atom is 0.270 e. The smallest absolute Gasteiger partial charge is 0.270 e. The Labute approximate surface area is 135 Å². The van der Waals surface area contributed by atoms with Crippen LogP contribution in [0, 0.1) is 20.2 Å². The van der Waals surface area contributed by atoms with Crippen molar-refractivity contribution in [3.8, 4) is 0 Å². The number of nitro benzene ring substituents is 2. The summed E-state index contributed by atoms with van der Waals surface area (Å²) in [7, 11) is 0. The minimum atomic E-state index is -0.599. The van der Waals surface area contributed by atoms with Crippen LogP contribution in [0.5, 0.6) is 0 Å². The van der Waals surface area contributed by atoms with Crippen LogP contribution in [0.1, 0.15) is 15.9 Å². The molecule has 0 spiro atoms. The van der Waals surface area contributed by atoms with Gasteiger partial charge < -0.3 is 0 Å². The number of non-ortho nitro benzene ring substituents is 2. The fourth-order valence-electron chi connectivity index (χ4n) is 1.81. The molecule has 0 aromatic heterocycles. The summed E-state index contributed by atoms with van der Waals surface area (Å²) in [4.78, 5) is 32.3. The second-order valence-corrected chi connectivity index (χ2v) is 4.88. The van der Waals surface area contributed by atoms with Crippen molar-refractivity contribution in [3.63, 3.8) is 0 Å². The summed E-state index contributed by atoms with van der Waals surface area (Å²) in [5.41, 5.74) is 0.0890. The van der Waals surface area contributed by atoms with Gasteiger partial charge in [-0.2, -0.15) is 0 Å². The Hall–Kier alpha value is -3.06. The highest BCUT2D eigenvalue weighted by atomic mass is 35.5. The topological polar surface area (TPSA) is 103 Å². The molecule has 0 saturated carbocycles. The van der Waals surface area contributed by atoms with Crippen LogP contribution in [0.4, 0.5) is 11.4 Å². The quantitative estimate of drug-likeness (QED) is 0.355. The number of nitrogens with zero attached hydrogens (tertiary/aromatic N) is 2. The van der Waals surface area contributed by atoms with Gasteiger partial charge in [0.25, 0.3) is 11.4 Å². The van der Waals surface area contributed by atoms with Gasteiger partial charge in [-0.1, -0.05) is 23.7 Å². The SMILES string of the molecule is O=C(C=Cc1cc([N+](=O)[O-])ccc1Cl)c1cccc([N+](=O)[O-])c1. The molecule has 8 heteroatoms. The summed E-state index contributed by atoms with van der Waals surface area (Å²) in [5.74, 6) is -0.476. The van der Waals surface area contributed by atoms with Gasteiger partial charge in [0.15, 0.2) is 5.78 Å². The number of carbonyl (C=O) groups is 1. The summed E-state index contributed by atoms with van der Waals surface area (Å²) >= 11 is 5.92. The molecule has 0 amide bonds. The van der Waals surface area contributed by atoms with Gasteiger partial charge >= 0.3 is 0 Å². The van der Waals surface area contributed by atoms with E-state index in [9.17, 15) is 25.0 Å². The lowest BCUT2D eigenvalue weighted by molar-refractivity contribution is -0.385.